The van der Waals surface area contributed by atoms with Crippen molar-refractivity contribution in [1.29, 1.82) is 0 Å². The van der Waals surface area contributed by atoms with Crippen molar-refractivity contribution >= 4 is 5.91 Å². The van der Waals surface area contributed by atoms with Crippen molar-refractivity contribution in [2.45, 2.75) is 19.4 Å². The van der Waals surface area contributed by atoms with Gasteiger partial charge in [0.25, 0.3) is 0 Å². The van der Waals surface area contributed by atoms with E-state index in [1.54, 1.807) is 0 Å². The molecular formula is C14H20N2O3. The van der Waals surface area contributed by atoms with Gasteiger partial charge in [0.1, 0.15) is 12.7 Å². The average Bonchev–Trinajstić information content (AvgIpc) is 2.45. The number of hydrogen-bond donors (Lipinski definition) is 2. The first-order valence-electron chi connectivity index (χ1n) is 6.65. The van der Waals surface area contributed by atoms with Gasteiger partial charge in [0.15, 0.2) is 11.5 Å². The molecule has 0 aromatic heterocycles. The Labute approximate surface area is 113 Å². The van der Waals surface area contributed by atoms with Crippen LogP contribution in [0.3, 0.4) is 0 Å². The van der Waals surface area contributed by atoms with E-state index in [0.717, 1.165) is 24.5 Å². The third-order valence-electron chi connectivity index (χ3n) is 2.81. The topological polar surface area (TPSA) is 59.6 Å². The molecule has 1 aliphatic rings. The predicted octanol–water partition coefficient (Wildman–Crippen LogP) is 0.942. The second-order valence-electron chi connectivity index (χ2n) is 4.48. The van der Waals surface area contributed by atoms with Crippen molar-refractivity contribution in [3.63, 3.8) is 0 Å². The number of hydrogen-bond acceptors (Lipinski definition) is 4. The van der Waals surface area contributed by atoms with Gasteiger partial charge < -0.3 is 20.1 Å². The molecule has 0 fully saturated rings. The molecule has 1 aromatic carbocycles. The number of carbonyl (C=O) groups is 1. The fourth-order valence-electron chi connectivity index (χ4n) is 1.83. The number of fused-ring (bicyclic) bond motifs is 1. The van der Waals surface area contributed by atoms with E-state index in [1.165, 1.54) is 0 Å². The van der Waals surface area contributed by atoms with Crippen LogP contribution in [0.15, 0.2) is 24.3 Å². The van der Waals surface area contributed by atoms with E-state index in [1.807, 2.05) is 24.3 Å². The quantitative estimate of drug-likeness (QED) is 0.751. The molecule has 1 amide bonds. The average molecular weight is 264 g/mol. The summed E-state index contributed by atoms with van der Waals surface area (Å²) in [4.78, 5) is 11.5. The standard InChI is InChI=1S/C14H20N2O3/c1-2-7-15-9-14(17)16-8-11-10-18-12-5-3-4-6-13(12)19-11/h3-6,11,15H,2,7-10H2,1H3,(H,16,17). The highest BCUT2D eigenvalue weighted by molar-refractivity contribution is 5.78. The van der Waals surface area contributed by atoms with E-state index in [4.69, 9.17) is 9.47 Å². The molecule has 1 aromatic rings. The highest BCUT2D eigenvalue weighted by Crippen LogP contribution is 2.30. The molecule has 19 heavy (non-hydrogen) atoms. The van der Waals surface area contributed by atoms with Crippen LogP contribution < -0.4 is 20.1 Å². The molecule has 0 radical (unpaired) electrons. The summed E-state index contributed by atoms with van der Waals surface area (Å²) in [6, 6.07) is 7.55. The van der Waals surface area contributed by atoms with E-state index in [-0.39, 0.29) is 12.0 Å². The number of benzene rings is 1. The first kappa shape index (κ1) is 13.7. The molecule has 0 saturated heterocycles. The summed E-state index contributed by atoms with van der Waals surface area (Å²) < 4.78 is 11.3. The van der Waals surface area contributed by atoms with E-state index < -0.39 is 0 Å². The molecule has 2 rings (SSSR count). The zero-order valence-corrected chi connectivity index (χ0v) is 11.1. The SMILES string of the molecule is CCCNCC(=O)NCC1COc2ccccc2O1. The summed E-state index contributed by atoms with van der Waals surface area (Å²) in [6.45, 7) is 4.18. The highest BCUT2D eigenvalue weighted by atomic mass is 16.6. The van der Waals surface area contributed by atoms with Gasteiger partial charge >= 0.3 is 0 Å². The minimum absolute atomic E-state index is 0.0177. The minimum Gasteiger partial charge on any atom is -0.486 e. The van der Waals surface area contributed by atoms with E-state index in [2.05, 4.69) is 17.6 Å². The molecule has 1 aliphatic heterocycles. The lowest BCUT2D eigenvalue weighted by Crippen LogP contribution is -2.43. The summed E-state index contributed by atoms with van der Waals surface area (Å²) in [5, 5.41) is 5.89. The third kappa shape index (κ3) is 4.13. The fourth-order valence-corrected chi connectivity index (χ4v) is 1.83. The van der Waals surface area contributed by atoms with E-state index in [9.17, 15) is 4.79 Å². The Hall–Kier alpha value is -1.75. The zero-order valence-electron chi connectivity index (χ0n) is 11.1. The smallest absolute Gasteiger partial charge is 0.234 e. The molecule has 0 spiro atoms. The Kier molecular flexibility index (Phi) is 5.03. The molecular weight excluding hydrogens is 244 g/mol. The molecule has 2 N–H and O–H groups in total. The van der Waals surface area contributed by atoms with Crippen LogP contribution in [-0.2, 0) is 4.79 Å². The van der Waals surface area contributed by atoms with Gasteiger partial charge in [-0.05, 0) is 25.1 Å². The van der Waals surface area contributed by atoms with Gasteiger partial charge in [-0.25, -0.2) is 0 Å². The molecule has 1 atom stereocenters. The van der Waals surface area contributed by atoms with Crippen molar-refractivity contribution in [2.24, 2.45) is 0 Å². The Bertz CT molecular complexity index is 423. The number of rotatable bonds is 6. The van der Waals surface area contributed by atoms with Gasteiger partial charge in [-0.1, -0.05) is 19.1 Å². The van der Waals surface area contributed by atoms with Crippen LogP contribution >= 0.6 is 0 Å². The summed E-state index contributed by atoms with van der Waals surface area (Å²) in [5.74, 6) is 1.47. The molecule has 104 valence electrons. The van der Waals surface area contributed by atoms with Crippen molar-refractivity contribution in [2.75, 3.05) is 26.2 Å². The Balaban J connectivity index is 1.72. The lowest BCUT2D eigenvalue weighted by molar-refractivity contribution is -0.120. The van der Waals surface area contributed by atoms with Crippen LogP contribution in [-0.4, -0.2) is 38.3 Å². The van der Waals surface area contributed by atoms with Gasteiger partial charge in [-0.15, -0.1) is 0 Å². The van der Waals surface area contributed by atoms with Crippen LogP contribution in [0, 0.1) is 0 Å². The van der Waals surface area contributed by atoms with Crippen LogP contribution in [0.25, 0.3) is 0 Å². The van der Waals surface area contributed by atoms with Crippen LogP contribution in [0.2, 0.25) is 0 Å². The maximum atomic E-state index is 11.5. The van der Waals surface area contributed by atoms with E-state index >= 15 is 0 Å². The van der Waals surface area contributed by atoms with Gasteiger partial charge in [0, 0.05) is 0 Å². The maximum absolute atomic E-state index is 11.5. The number of para-hydroxylation sites is 2. The van der Waals surface area contributed by atoms with Crippen molar-refractivity contribution < 1.29 is 14.3 Å². The number of ether oxygens (including phenoxy) is 2. The highest BCUT2D eigenvalue weighted by Gasteiger charge is 2.20. The molecule has 0 aliphatic carbocycles. The Morgan fingerprint density at radius 1 is 1.37 bits per heavy atom. The van der Waals surface area contributed by atoms with Crippen LogP contribution in [0.4, 0.5) is 0 Å². The van der Waals surface area contributed by atoms with Crippen molar-refractivity contribution in [1.82, 2.24) is 10.6 Å². The zero-order chi connectivity index (χ0) is 13.5. The maximum Gasteiger partial charge on any atom is 0.234 e. The second kappa shape index (κ2) is 6.99. The molecule has 0 bridgehead atoms. The van der Waals surface area contributed by atoms with Gasteiger partial charge in [-0.3, -0.25) is 4.79 Å². The fraction of sp³-hybridized carbons (Fsp3) is 0.500. The lowest BCUT2D eigenvalue weighted by atomic mass is 10.2. The summed E-state index contributed by atoms with van der Waals surface area (Å²) >= 11 is 0. The lowest BCUT2D eigenvalue weighted by Gasteiger charge is -2.26. The number of nitrogens with one attached hydrogen (secondary N) is 2. The van der Waals surface area contributed by atoms with Crippen molar-refractivity contribution in [3.8, 4) is 11.5 Å². The second-order valence-corrected chi connectivity index (χ2v) is 4.48. The number of carbonyl (C=O) groups excluding carboxylic acids is 1. The van der Waals surface area contributed by atoms with Crippen LogP contribution in [0.5, 0.6) is 11.5 Å². The van der Waals surface area contributed by atoms with Gasteiger partial charge in [-0.2, -0.15) is 0 Å². The van der Waals surface area contributed by atoms with Crippen molar-refractivity contribution in [3.05, 3.63) is 24.3 Å². The van der Waals surface area contributed by atoms with Gasteiger partial charge in [0.2, 0.25) is 5.91 Å². The third-order valence-corrected chi connectivity index (χ3v) is 2.81. The summed E-state index contributed by atoms with van der Waals surface area (Å²) in [5.41, 5.74) is 0. The van der Waals surface area contributed by atoms with E-state index in [0.29, 0.717) is 19.7 Å². The number of amides is 1. The summed E-state index contributed by atoms with van der Waals surface area (Å²) in [7, 11) is 0. The molecule has 0 saturated carbocycles. The van der Waals surface area contributed by atoms with Crippen LogP contribution in [0.1, 0.15) is 13.3 Å². The molecule has 1 heterocycles. The monoisotopic (exact) mass is 264 g/mol. The Morgan fingerprint density at radius 3 is 2.95 bits per heavy atom. The molecule has 1 unspecified atom stereocenters. The first-order valence-corrected chi connectivity index (χ1v) is 6.65. The Morgan fingerprint density at radius 2 is 2.16 bits per heavy atom. The minimum atomic E-state index is -0.134. The van der Waals surface area contributed by atoms with Gasteiger partial charge in [0.05, 0.1) is 13.1 Å². The first-order chi connectivity index (χ1) is 9.29. The normalized spacial score (nSPS) is 17.0. The summed E-state index contributed by atoms with van der Waals surface area (Å²) in [6.07, 6.45) is 0.883. The largest absolute Gasteiger partial charge is 0.486 e. The molecule has 5 nitrogen and oxygen atoms in total. The predicted molar refractivity (Wildman–Crippen MR) is 72.5 cm³/mol. The molecule has 5 heteroatoms.